The lowest BCUT2D eigenvalue weighted by molar-refractivity contribution is 0.401. The number of aromatic nitrogens is 1. The van der Waals surface area contributed by atoms with Crippen LogP contribution in [0.4, 0.5) is 0 Å². The van der Waals surface area contributed by atoms with Gasteiger partial charge in [0.25, 0.3) is 0 Å². The largest absolute Gasteiger partial charge is 0.325 e. The minimum atomic E-state index is 0. The summed E-state index contributed by atoms with van der Waals surface area (Å²) in [7, 11) is 4.06. The fourth-order valence-corrected chi connectivity index (χ4v) is 1.71. The van der Waals surface area contributed by atoms with Crippen molar-refractivity contribution < 1.29 is 0 Å². The minimum absolute atomic E-state index is 0. The predicted molar refractivity (Wildman–Crippen MR) is 61.9 cm³/mol. The van der Waals surface area contributed by atoms with E-state index in [0.29, 0.717) is 6.54 Å². The van der Waals surface area contributed by atoms with Crippen LogP contribution >= 0.6 is 36.2 Å². The standard InChI is InChI=1S/C7H13N3S.2ClH/c1-10(2)4-7-9-6(3-8)5-11-7;;/h5H,3-4,8H2,1-2H3;2*1H. The molecule has 0 amide bonds. The van der Waals surface area contributed by atoms with Gasteiger partial charge in [-0.1, -0.05) is 0 Å². The molecule has 3 nitrogen and oxygen atoms in total. The first-order chi connectivity index (χ1) is 5.22. The van der Waals surface area contributed by atoms with E-state index in [1.54, 1.807) is 11.3 Å². The van der Waals surface area contributed by atoms with Gasteiger partial charge < -0.3 is 10.6 Å². The summed E-state index contributed by atoms with van der Waals surface area (Å²) in [6, 6.07) is 0. The molecule has 13 heavy (non-hydrogen) atoms. The molecule has 0 atom stereocenters. The summed E-state index contributed by atoms with van der Waals surface area (Å²) < 4.78 is 0. The Bertz CT molecular complexity index is 227. The summed E-state index contributed by atoms with van der Waals surface area (Å²) in [5.41, 5.74) is 6.42. The molecule has 6 heteroatoms. The molecule has 1 aromatic heterocycles. The second-order valence-electron chi connectivity index (χ2n) is 2.67. The molecule has 0 bridgehead atoms. The third-order valence-electron chi connectivity index (χ3n) is 1.26. The van der Waals surface area contributed by atoms with Gasteiger partial charge in [0.15, 0.2) is 0 Å². The third-order valence-corrected chi connectivity index (χ3v) is 2.14. The minimum Gasteiger partial charge on any atom is -0.325 e. The number of nitrogens with zero attached hydrogens (tertiary/aromatic N) is 2. The summed E-state index contributed by atoms with van der Waals surface area (Å²) in [4.78, 5) is 6.42. The average molecular weight is 244 g/mol. The summed E-state index contributed by atoms with van der Waals surface area (Å²) in [6.07, 6.45) is 0. The van der Waals surface area contributed by atoms with Crippen molar-refractivity contribution in [2.45, 2.75) is 13.1 Å². The Kier molecular flexibility index (Phi) is 9.03. The van der Waals surface area contributed by atoms with E-state index in [0.717, 1.165) is 17.2 Å². The highest BCUT2D eigenvalue weighted by atomic mass is 35.5. The highest BCUT2D eigenvalue weighted by Gasteiger charge is 2.00. The molecule has 1 aromatic rings. The highest BCUT2D eigenvalue weighted by Crippen LogP contribution is 2.10. The molecule has 2 N–H and O–H groups in total. The number of hydrogen-bond acceptors (Lipinski definition) is 4. The Balaban J connectivity index is 0. The number of thiazole rings is 1. The number of rotatable bonds is 3. The van der Waals surface area contributed by atoms with Crippen LogP contribution in [0, 0.1) is 0 Å². The van der Waals surface area contributed by atoms with Crippen LogP contribution in [-0.4, -0.2) is 24.0 Å². The predicted octanol–water partition coefficient (Wildman–Crippen LogP) is 1.51. The van der Waals surface area contributed by atoms with Gasteiger partial charge in [0.1, 0.15) is 5.01 Å². The molecule has 0 aliphatic heterocycles. The van der Waals surface area contributed by atoms with E-state index >= 15 is 0 Å². The Morgan fingerprint density at radius 1 is 1.46 bits per heavy atom. The molecule has 78 valence electrons. The second kappa shape index (κ2) is 7.53. The molecule has 0 radical (unpaired) electrons. The van der Waals surface area contributed by atoms with Crippen LogP contribution in [0.5, 0.6) is 0 Å². The fourth-order valence-electron chi connectivity index (χ4n) is 0.786. The average Bonchev–Trinajstić information content (AvgIpc) is 2.34. The van der Waals surface area contributed by atoms with Crippen LogP contribution in [0.3, 0.4) is 0 Å². The van der Waals surface area contributed by atoms with Gasteiger partial charge in [0.2, 0.25) is 0 Å². The van der Waals surface area contributed by atoms with Gasteiger partial charge in [0.05, 0.1) is 5.69 Å². The van der Waals surface area contributed by atoms with Crippen LogP contribution < -0.4 is 5.73 Å². The first-order valence-corrected chi connectivity index (χ1v) is 4.38. The SMILES string of the molecule is CN(C)Cc1nc(CN)cs1.Cl.Cl. The lowest BCUT2D eigenvalue weighted by Gasteiger charge is -2.04. The maximum Gasteiger partial charge on any atom is 0.107 e. The second-order valence-corrected chi connectivity index (χ2v) is 3.62. The quantitative estimate of drug-likeness (QED) is 0.876. The van der Waals surface area contributed by atoms with Crippen LogP contribution in [0.15, 0.2) is 5.38 Å². The Morgan fingerprint density at radius 2 is 2.08 bits per heavy atom. The maximum atomic E-state index is 5.42. The van der Waals surface area contributed by atoms with E-state index in [1.807, 2.05) is 19.5 Å². The monoisotopic (exact) mass is 243 g/mol. The Labute approximate surface area is 95.2 Å². The topological polar surface area (TPSA) is 42.2 Å². The van der Waals surface area contributed by atoms with E-state index in [4.69, 9.17) is 5.73 Å². The van der Waals surface area contributed by atoms with Crippen molar-refractivity contribution in [3.05, 3.63) is 16.1 Å². The van der Waals surface area contributed by atoms with Crippen molar-refractivity contribution in [2.24, 2.45) is 5.73 Å². The van der Waals surface area contributed by atoms with E-state index in [-0.39, 0.29) is 24.8 Å². The zero-order valence-corrected chi connectivity index (χ0v) is 10.1. The first-order valence-electron chi connectivity index (χ1n) is 3.50. The van der Waals surface area contributed by atoms with E-state index in [9.17, 15) is 0 Å². The first kappa shape index (κ1) is 15.6. The van der Waals surface area contributed by atoms with Crippen LogP contribution in [0.2, 0.25) is 0 Å². The molecule has 0 spiro atoms. The number of hydrogen-bond donors (Lipinski definition) is 1. The molecule has 0 aliphatic rings. The van der Waals surface area contributed by atoms with Gasteiger partial charge in [-0.15, -0.1) is 36.2 Å². The Hall–Kier alpha value is 0.130. The molecular weight excluding hydrogens is 229 g/mol. The molecular formula is C7H15Cl2N3S. The molecule has 0 unspecified atom stereocenters. The van der Waals surface area contributed by atoms with Crippen LogP contribution in [0.1, 0.15) is 10.7 Å². The van der Waals surface area contributed by atoms with Crippen LogP contribution in [-0.2, 0) is 13.1 Å². The van der Waals surface area contributed by atoms with Crippen LogP contribution in [0.25, 0.3) is 0 Å². The number of halogens is 2. The van der Waals surface area contributed by atoms with Crippen molar-refractivity contribution in [1.29, 1.82) is 0 Å². The van der Waals surface area contributed by atoms with E-state index in [1.165, 1.54) is 0 Å². The van der Waals surface area contributed by atoms with E-state index in [2.05, 4.69) is 9.88 Å². The molecule has 0 saturated carbocycles. The van der Waals surface area contributed by atoms with Crippen molar-refractivity contribution in [3.63, 3.8) is 0 Å². The van der Waals surface area contributed by atoms with Crippen molar-refractivity contribution >= 4 is 36.2 Å². The number of nitrogens with two attached hydrogens (primary N) is 1. The van der Waals surface area contributed by atoms with Gasteiger partial charge in [0, 0.05) is 18.5 Å². The summed E-state index contributed by atoms with van der Waals surface area (Å²) in [6.45, 7) is 1.45. The normalized spacial score (nSPS) is 9.23. The summed E-state index contributed by atoms with van der Waals surface area (Å²) in [5, 5.41) is 3.15. The maximum absolute atomic E-state index is 5.42. The lowest BCUT2D eigenvalue weighted by Crippen LogP contribution is -2.10. The zero-order chi connectivity index (χ0) is 8.27. The highest BCUT2D eigenvalue weighted by molar-refractivity contribution is 7.09. The smallest absolute Gasteiger partial charge is 0.107 e. The van der Waals surface area contributed by atoms with Crippen molar-refractivity contribution in [1.82, 2.24) is 9.88 Å². The molecule has 0 fully saturated rings. The molecule has 0 aliphatic carbocycles. The lowest BCUT2D eigenvalue weighted by atomic mass is 10.5. The van der Waals surface area contributed by atoms with Gasteiger partial charge in [-0.3, -0.25) is 0 Å². The molecule has 1 heterocycles. The van der Waals surface area contributed by atoms with Crippen molar-refractivity contribution in [2.75, 3.05) is 14.1 Å². The molecule has 0 aromatic carbocycles. The molecule has 1 rings (SSSR count). The summed E-state index contributed by atoms with van der Waals surface area (Å²) >= 11 is 1.67. The fraction of sp³-hybridized carbons (Fsp3) is 0.571. The Morgan fingerprint density at radius 3 is 2.46 bits per heavy atom. The van der Waals surface area contributed by atoms with Gasteiger partial charge in [-0.05, 0) is 14.1 Å². The van der Waals surface area contributed by atoms with Gasteiger partial charge >= 0.3 is 0 Å². The van der Waals surface area contributed by atoms with Gasteiger partial charge in [-0.25, -0.2) is 4.98 Å². The molecule has 0 saturated heterocycles. The van der Waals surface area contributed by atoms with Crippen molar-refractivity contribution in [3.8, 4) is 0 Å². The third kappa shape index (κ3) is 5.44. The summed E-state index contributed by atoms with van der Waals surface area (Å²) in [5.74, 6) is 0. The zero-order valence-electron chi connectivity index (χ0n) is 7.69. The van der Waals surface area contributed by atoms with E-state index < -0.39 is 0 Å². The van der Waals surface area contributed by atoms with Gasteiger partial charge in [-0.2, -0.15) is 0 Å².